The van der Waals surface area contributed by atoms with Crippen LogP contribution < -0.4 is 5.32 Å². The third kappa shape index (κ3) is 8.23. The number of carboxylic acid groups (broad SMARTS) is 1. The summed E-state index contributed by atoms with van der Waals surface area (Å²) in [5, 5.41) is 12.2. The summed E-state index contributed by atoms with van der Waals surface area (Å²) in [6.45, 7) is 5.32. The Kier molecular flexibility index (Phi) is 7.35. The molecule has 0 fully saturated rings. The maximum atomic E-state index is 11.9. The van der Waals surface area contributed by atoms with Crippen LogP contribution in [0.3, 0.4) is 0 Å². The molecule has 1 aromatic rings. The number of nitrogens with one attached hydrogen (secondary N) is 1. The zero-order valence-electron chi connectivity index (χ0n) is 13.4. The monoisotopic (exact) mass is 405 g/mol. The first-order valence-electron chi connectivity index (χ1n) is 7.22. The smallest absolute Gasteiger partial charge is 0.407 e. The van der Waals surface area contributed by atoms with Gasteiger partial charge in [0.05, 0.1) is 5.02 Å². The molecule has 7 heteroatoms. The summed E-state index contributed by atoms with van der Waals surface area (Å²) in [6.07, 6.45) is 0.215. The second kappa shape index (κ2) is 8.55. The molecule has 0 heterocycles. The van der Waals surface area contributed by atoms with E-state index in [9.17, 15) is 9.59 Å². The Morgan fingerprint density at radius 1 is 1.39 bits per heavy atom. The van der Waals surface area contributed by atoms with Gasteiger partial charge in [-0.2, -0.15) is 0 Å². The second-order valence-corrected chi connectivity index (χ2v) is 7.49. The predicted molar refractivity (Wildman–Crippen MR) is 92.9 cm³/mol. The molecule has 0 aliphatic heterocycles. The highest BCUT2D eigenvalue weighted by atomic mass is 79.9. The van der Waals surface area contributed by atoms with Gasteiger partial charge in [0, 0.05) is 16.9 Å². The predicted octanol–water partition coefficient (Wildman–Crippen LogP) is 4.40. The van der Waals surface area contributed by atoms with Crippen LogP contribution in [0.15, 0.2) is 22.7 Å². The Labute approximate surface area is 149 Å². The molecule has 0 spiro atoms. The molecule has 0 saturated heterocycles. The fourth-order valence-electron chi connectivity index (χ4n) is 1.95. The Balaban J connectivity index is 2.76. The van der Waals surface area contributed by atoms with Crippen molar-refractivity contribution in [1.82, 2.24) is 5.32 Å². The number of carbonyl (C=O) groups excluding carboxylic acids is 1. The molecule has 0 aliphatic carbocycles. The molecule has 0 radical (unpaired) electrons. The Morgan fingerprint density at radius 2 is 2.04 bits per heavy atom. The number of alkyl carbamates (subject to hydrolysis) is 1. The minimum absolute atomic E-state index is 0.0325. The van der Waals surface area contributed by atoms with Crippen molar-refractivity contribution < 1.29 is 19.4 Å². The van der Waals surface area contributed by atoms with Crippen LogP contribution in [-0.4, -0.2) is 28.8 Å². The van der Waals surface area contributed by atoms with Gasteiger partial charge in [-0.15, -0.1) is 0 Å². The summed E-state index contributed by atoms with van der Waals surface area (Å²) in [4.78, 5) is 22.7. The van der Waals surface area contributed by atoms with E-state index in [1.54, 1.807) is 26.8 Å². The lowest BCUT2D eigenvalue weighted by Crippen LogP contribution is -2.40. The van der Waals surface area contributed by atoms with Crippen molar-refractivity contribution in [3.8, 4) is 0 Å². The summed E-state index contributed by atoms with van der Waals surface area (Å²) in [6, 6.07) is 5.11. The lowest BCUT2D eigenvalue weighted by atomic mass is 10.0. The first-order chi connectivity index (χ1) is 10.6. The van der Waals surface area contributed by atoms with E-state index < -0.39 is 17.7 Å². The van der Waals surface area contributed by atoms with Crippen LogP contribution in [0, 0.1) is 0 Å². The van der Waals surface area contributed by atoms with Crippen LogP contribution in [0.5, 0.6) is 0 Å². The van der Waals surface area contributed by atoms with Crippen molar-refractivity contribution in [2.24, 2.45) is 0 Å². The lowest BCUT2D eigenvalue weighted by Gasteiger charge is -2.23. The molecule has 1 amide bonds. The normalized spacial score (nSPS) is 12.6. The van der Waals surface area contributed by atoms with E-state index in [0.717, 1.165) is 10.0 Å². The zero-order chi connectivity index (χ0) is 17.6. The molecule has 0 saturated carbocycles. The van der Waals surface area contributed by atoms with Gasteiger partial charge in [-0.1, -0.05) is 17.7 Å². The first kappa shape index (κ1) is 19.8. The number of carboxylic acids is 1. The van der Waals surface area contributed by atoms with Crippen molar-refractivity contribution in [3.63, 3.8) is 0 Å². The van der Waals surface area contributed by atoms with Crippen molar-refractivity contribution in [2.45, 2.75) is 51.7 Å². The number of aliphatic carboxylic acids is 1. The molecular weight excluding hydrogens is 386 g/mol. The fraction of sp³-hybridized carbons (Fsp3) is 0.500. The third-order valence-corrected chi connectivity index (χ3v) is 4.11. The average Bonchev–Trinajstić information content (AvgIpc) is 2.38. The third-order valence-electron chi connectivity index (χ3n) is 2.89. The van der Waals surface area contributed by atoms with Crippen LogP contribution >= 0.6 is 27.5 Å². The van der Waals surface area contributed by atoms with Crippen molar-refractivity contribution in [2.75, 3.05) is 0 Å². The first-order valence-corrected chi connectivity index (χ1v) is 8.39. The molecular formula is C16H21BrClNO4. The summed E-state index contributed by atoms with van der Waals surface area (Å²) in [5.41, 5.74) is 0.331. The molecule has 1 atom stereocenters. The van der Waals surface area contributed by atoms with Gasteiger partial charge in [0.25, 0.3) is 0 Å². The second-order valence-electron chi connectivity index (χ2n) is 6.23. The molecule has 2 N–H and O–H groups in total. The molecule has 0 aromatic heterocycles. The van der Waals surface area contributed by atoms with Gasteiger partial charge in [-0.25, -0.2) is 4.79 Å². The summed E-state index contributed by atoms with van der Waals surface area (Å²) in [5.74, 6) is -0.904. The zero-order valence-corrected chi connectivity index (χ0v) is 15.7. The molecule has 5 nitrogen and oxygen atoms in total. The van der Waals surface area contributed by atoms with E-state index in [4.69, 9.17) is 21.4 Å². The van der Waals surface area contributed by atoms with Crippen LogP contribution in [-0.2, 0) is 16.0 Å². The van der Waals surface area contributed by atoms with Crippen LogP contribution in [0.2, 0.25) is 5.02 Å². The molecule has 0 bridgehead atoms. The minimum atomic E-state index is -0.904. The minimum Gasteiger partial charge on any atom is -0.481 e. The highest BCUT2D eigenvalue weighted by Gasteiger charge is 2.20. The van der Waals surface area contributed by atoms with Crippen LogP contribution in [0.4, 0.5) is 4.79 Å². The largest absolute Gasteiger partial charge is 0.481 e. The maximum absolute atomic E-state index is 11.9. The van der Waals surface area contributed by atoms with Gasteiger partial charge < -0.3 is 15.2 Å². The summed E-state index contributed by atoms with van der Waals surface area (Å²) < 4.78 is 5.98. The number of carbonyl (C=O) groups is 2. The van der Waals surface area contributed by atoms with Gasteiger partial charge in [-0.05, 0) is 67.2 Å². The van der Waals surface area contributed by atoms with E-state index in [1.807, 2.05) is 12.1 Å². The van der Waals surface area contributed by atoms with E-state index in [0.29, 0.717) is 17.9 Å². The van der Waals surface area contributed by atoms with E-state index in [1.165, 1.54) is 0 Å². The molecule has 1 rings (SSSR count). The fourth-order valence-corrected chi connectivity index (χ4v) is 2.49. The van der Waals surface area contributed by atoms with Crippen LogP contribution in [0.1, 0.15) is 39.2 Å². The van der Waals surface area contributed by atoms with E-state index in [-0.39, 0.29) is 12.5 Å². The maximum Gasteiger partial charge on any atom is 0.407 e. The van der Waals surface area contributed by atoms with Crippen molar-refractivity contribution in [3.05, 3.63) is 33.3 Å². The van der Waals surface area contributed by atoms with Gasteiger partial charge in [-0.3, -0.25) is 4.79 Å². The molecule has 0 aliphatic rings. The van der Waals surface area contributed by atoms with E-state index in [2.05, 4.69) is 21.2 Å². The van der Waals surface area contributed by atoms with Gasteiger partial charge in [0.15, 0.2) is 0 Å². The SMILES string of the molecule is CC(C)(C)OC(=O)NC(CCC(=O)O)Cc1ccc(Cl)c(Br)c1. The number of hydrogen-bond donors (Lipinski definition) is 2. The topological polar surface area (TPSA) is 75.6 Å². The van der Waals surface area contributed by atoms with Gasteiger partial charge in [0.1, 0.15) is 5.60 Å². The molecule has 1 aromatic carbocycles. The molecule has 128 valence electrons. The van der Waals surface area contributed by atoms with Crippen molar-refractivity contribution in [1.29, 1.82) is 0 Å². The number of halogens is 2. The lowest BCUT2D eigenvalue weighted by molar-refractivity contribution is -0.137. The Morgan fingerprint density at radius 3 is 2.57 bits per heavy atom. The molecule has 1 unspecified atom stereocenters. The van der Waals surface area contributed by atoms with Crippen molar-refractivity contribution >= 4 is 39.6 Å². The molecule has 23 heavy (non-hydrogen) atoms. The number of amides is 1. The summed E-state index contributed by atoms with van der Waals surface area (Å²) >= 11 is 9.31. The van der Waals surface area contributed by atoms with E-state index >= 15 is 0 Å². The highest BCUT2D eigenvalue weighted by molar-refractivity contribution is 9.10. The number of benzene rings is 1. The number of hydrogen-bond acceptors (Lipinski definition) is 3. The average molecular weight is 407 g/mol. The van der Waals surface area contributed by atoms with Gasteiger partial charge >= 0.3 is 12.1 Å². The standard InChI is InChI=1S/C16H21BrClNO4/c1-16(2,3)23-15(22)19-11(5-7-14(20)21)8-10-4-6-13(18)12(17)9-10/h4,6,9,11H,5,7-8H2,1-3H3,(H,19,22)(H,20,21). The Bertz CT molecular complexity index is 572. The number of rotatable bonds is 6. The van der Waals surface area contributed by atoms with Gasteiger partial charge in [0.2, 0.25) is 0 Å². The van der Waals surface area contributed by atoms with Crippen LogP contribution in [0.25, 0.3) is 0 Å². The summed E-state index contributed by atoms with van der Waals surface area (Å²) in [7, 11) is 0. The number of ether oxygens (including phenoxy) is 1. The quantitative estimate of drug-likeness (QED) is 0.734. The Hall–Kier alpha value is -1.27. The highest BCUT2D eigenvalue weighted by Crippen LogP contribution is 2.24.